The quantitative estimate of drug-likeness (QED) is 0.482. The number of hydrogen-bond acceptors (Lipinski definition) is 4. The van der Waals surface area contributed by atoms with Gasteiger partial charge in [-0.2, -0.15) is 5.10 Å². The van der Waals surface area contributed by atoms with E-state index in [1.807, 2.05) is 26.0 Å². The molecule has 0 atom stereocenters. The van der Waals surface area contributed by atoms with Crippen molar-refractivity contribution in [2.45, 2.75) is 19.8 Å². The largest absolute Gasteiger partial charge is 0.423 e. The van der Waals surface area contributed by atoms with Crippen LogP contribution in [0.3, 0.4) is 0 Å². The summed E-state index contributed by atoms with van der Waals surface area (Å²) in [4.78, 5) is 24.3. The number of carbonyl (C=O) groups excluding carboxylic acids is 1. The lowest BCUT2D eigenvalue weighted by molar-refractivity contribution is 0.102. The summed E-state index contributed by atoms with van der Waals surface area (Å²) in [5.74, 6) is -0.207. The van der Waals surface area contributed by atoms with Crippen LogP contribution in [-0.4, -0.2) is 15.7 Å². The molecule has 1 N–H and O–H groups in total. The molecule has 0 unspecified atom stereocenters. The number of fused-ring (bicyclic) bond motifs is 1. The Labute approximate surface area is 171 Å². The Hall–Kier alpha value is -3.38. The van der Waals surface area contributed by atoms with E-state index in [1.54, 1.807) is 47.3 Å². The first kappa shape index (κ1) is 19.0. The van der Waals surface area contributed by atoms with E-state index in [2.05, 4.69) is 10.4 Å². The number of nitrogens with one attached hydrogen (secondary N) is 1. The zero-order valence-corrected chi connectivity index (χ0v) is 16.6. The van der Waals surface area contributed by atoms with Crippen molar-refractivity contribution in [3.05, 3.63) is 87.5 Å². The normalized spacial score (nSPS) is 11.2. The van der Waals surface area contributed by atoms with Crippen molar-refractivity contribution in [1.29, 1.82) is 0 Å². The standard InChI is InChI=1S/C22H18ClN3O3/c1-13(2)21-18(12-24-26(21)17-5-3-4-15(23)11-17)22(28)25-16-7-8-19-14(10-16)6-9-20(27)29-19/h3-13H,1-2H3,(H,25,28). The molecule has 0 aliphatic rings. The maximum Gasteiger partial charge on any atom is 0.336 e. The Morgan fingerprint density at radius 2 is 1.97 bits per heavy atom. The SMILES string of the molecule is CC(C)c1c(C(=O)Nc2ccc3oc(=O)ccc3c2)cnn1-c1cccc(Cl)c1. The minimum Gasteiger partial charge on any atom is -0.423 e. The monoisotopic (exact) mass is 407 g/mol. The van der Waals surface area contributed by atoms with Gasteiger partial charge in [-0.15, -0.1) is 0 Å². The first-order chi connectivity index (χ1) is 13.9. The number of carbonyl (C=O) groups is 1. The van der Waals surface area contributed by atoms with Gasteiger partial charge < -0.3 is 9.73 Å². The van der Waals surface area contributed by atoms with E-state index >= 15 is 0 Å². The van der Waals surface area contributed by atoms with Gasteiger partial charge in [-0.25, -0.2) is 9.48 Å². The number of benzene rings is 2. The average molecular weight is 408 g/mol. The van der Waals surface area contributed by atoms with Gasteiger partial charge in [0.15, 0.2) is 0 Å². The van der Waals surface area contributed by atoms with E-state index in [0.717, 1.165) is 16.8 Å². The maximum absolute atomic E-state index is 13.0. The summed E-state index contributed by atoms with van der Waals surface area (Å²) in [6.07, 6.45) is 1.56. The summed E-state index contributed by atoms with van der Waals surface area (Å²) in [7, 11) is 0. The molecule has 0 spiro atoms. The molecule has 0 aliphatic heterocycles. The van der Waals surface area contributed by atoms with Crippen LogP contribution in [0.5, 0.6) is 0 Å². The first-order valence-corrected chi connectivity index (χ1v) is 9.49. The van der Waals surface area contributed by atoms with Crippen LogP contribution in [0.15, 0.2) is 70.0 Å². The molecular weight excluding hydrogens is 390 g/mol. The lowest BCUT2D eigenvalue weighted by atomic mass is 10.0. The highest BCUT2D eigenvalue weighted by Gasteiger charge is 2.21. The Morgan fingerprint density at radius 1 is 1.14 bits per heavy atom. The number of anilines is 1. The minimum atomic E-state index is -0.413. The molecule has 0 fully saturated rings. The summed E-state index contributed by atoms with van der Waals surface area (Å²) < 4.78 is 6.86. The molecule has 146 valence electrons. The highest BCUT2D eigenvalue weighted by Crippen LogP contribution is 2.26. The summed E-state index contributed by atoms with van der Waals surface area (Å²) in [6.45, 7) is 4.01. The van der Waals surface area contributed by atoms with E-state index in [0.29, 0.717) is 21.9 Å². The molecule has 7 heteroatoms. The lowest BCUT2D eigenvalue weighted by Gasteiger charge is -2.13. The molecule has 0 aliphatic carbocycles. The third-order valence-corrected chi connectivity index (χ3v) is 4.76. The summed E-state index contributed by atoms with van der Waals surface area (Å²) in [5.41, 5.74) is 2.72. The van der Waals surface area contributed by atoms with Crippen molar-refractivity contribution < 1.29 is 9.21 Å². The third-order valence-electron chi connectivity index (χ3n) is 4.53. The third kappa shape index (κ3) is 3.79. The second kappa shape index (κ2) is 7.56. The highest BCUT2D eigenvalue weighted by molar-refractivity contribution is 6.30. The molecule has 0 saturated carbocycles. The van der Waals surface area contributed by atoms with Crippen molar-refractivity contribution in [3.8, 4) is 5.69 Å². The van der Waals surface area contributed by atoms with Gasteiger partial charge in [-0.05, 0) is 48.4 Å². The van der Waals surface area contributed by atoms with Crippen LogP contribution >= 0.6 is 11.6 Å². The zero-order chi connectivity index (χ0) is 20.5. The molecule has 0 saturated heterocycles. The van der Waals surface area contributed by atoms with E-state index < -0.39 is 5.63 Å². The molecule has 2 heterocycles. The fourth-order valence-electron chi connectivity index (χ4n) is 3.25. The lowest BCUT2D eigenvalue weighted by Crippen LogP contribution is -2.15. The van der Waals surface area contributed by atoms with Crippen LogP contribution in [0.1, 0.15) is 35.8 Å². The zero-order valence-electron chi connectivity index (χ0n) is 15.8. The Bertz CT molecular complexity index is 1270. The number of amides is 1. The smallest absolute Gasteiger partial charge is 0.336 e. The Kier molecular flexibility index (Phi) is 4.94. The van der Waals surface area contributed by atoms with Crippen LogP contribution in [0.2, 0.25) is 5.02 Å². The van der Waals surface area contributed by atoms with Crippen molar-refractivity contribution in [1.82, 2.24) is 9.78 Å². The second-order valence-corrected chi connectivity index (χ2v) is 7.39. The van der Waals surface area contributed by atoms with E-state index in [1.165, 1.54) is 6.07 Å². The van der Waals surface area contributed by atoms with Crippen molar-refractivity contribution >= 4 is 34.2 Å². The van der Waals surface area contributed by atoms with Gasteiger partial charge in [0.2, 0.25) is 0 Å². The first-order valence-electron chi connectivity index (χ1n) is 9.11. The predicted octanol–water partition coefficient (Wildman–Crippen LogP) is 5.01. The van der Waals surface area contributed by atoms with Gasteiger partial charge in [0.1, 0.15) is 5.58 Å². The fourth-order valence-corrected chi connectivity index (χ4v) is 3.43. The average Bonchev–Trinajstić information content (AvgIpc) is 3.14. The molecule has 6 nitrogen and oxygen atoms in total. The molecule has 4 rings (SSSR count). The molecule has 29 heavy (non-hydrogen) atoms. The fraction of sp³-hybridized carbons (Fsp3) is 0.136. The molecule has 2 aromatic heterocycles. The van der Waals surface area contributed by atoms with Crippen LogP contribution in [0.4, 0.5) is 5.69 Å². The summed E-state index contributed by atoms with van der Waals surface area (Å²) >= 11 is 6.11. The van der Waals surface area contributed by atoms with Gasteiger partial charge in [-0.3, -0.25) is 4.79 Å². The van der Waals surface area contributed by atoms with Crippen molar-refractivity contribution in [2.75, 3.05) is 5.32 Å². The molecule has 1 amide bonds. The van der Waals surface area contributed by atoms with Crippen LogP contribution in [0, 0.1) is 0 Å². The number of halogens is 1. The topological polar surface area (TPSA) is 77.1 Å². The highest BCUT2D eigenvalue weighted by atomic mass is 35.5. The minimum absolute atomic E-state index is 0.0584. The van der Waals surface area contributed by atoms with Crippen LogP contribution in [-0.2, 0) is 0 Å². The molecule has 2 aromatic carbocycles. The Balaban J connectivity index is 1.68. The molecule has 4 aromatic rings. The predicted molar refractivity (Wildman–Crippen MR) is 113 cm³/mol. The van der Waals surface area contributed by atoms with E-state index in [9.17, 15) is 9.59 Å². The van der Waals surface area contributed by atoms with Crippen molar-refractivity contribution in [3.63, 3.8) is 0 Å². The van der Waals surface area contributed by atoms with Crippen molar-refractivity contribution in [2.24, 2.45) is 0 Å². The number of rotatable bonds is 4. The second-order valence-electron chi connectivity index (χ2n) is 6.95. The van der Waals surface area contributed by atoms with Gasteiger partial charge in [0, 0.05) is 22.2 Å². The molecule has 0 radical (unpaired) electrons. The molecule has 0 bridgehead atoms. The Morgan fingerprint density at radius 3 is 2.72 bits per heavy atom. The van der Waals surface area contributed by atoms with Gasteiger partial charge in [0.05, 0.1) is 23.1 Å². The van der Waals surface area contributed by atoms with Crippen LogP contribution < -0.4 is 10.9 Å². The van der Waals surface area contributed by atoms with Crippen LogP contribution in [0.25, 0.3) is 16.7 Å². The summed E-state index contributed by atoms with van der Waals surface area (Å²) in [6, 6.07) is 15.4. The van der Waals surface area contributed by atoms with E-state index in [-0.39, 0.29) is 11.8 Å². The van der Waals surface area contributed by atoms with Gasteiger partial charge in [0.25, 0.3) is 5.91 Å². The molecular formula is C22H18ClN3O3. The number of aromatic nitrogens is 2. The van der Waals surface area contributed by atoms with E-state index in [4.69, 9.17) is 16.0 Å². The summed E-state index contributed by atoms with van der Waals surface area (Å²) in [5, 5.41) is 8.64. The maximum atomic E-state index is 13.0. The van der Waals surface area contributed by atoms with Gasteiger partial charge >= 0.3 is 5.63 Å². The van der Waals surface area contributed by atoms with Gasteiger partial charge in [-0.1, -0.05) is 31.5 Å². The number of hydrogen-bond donors (Lipinski definition) is 1. The number of nitrogens with zero attached hydrogens (tertiary/aromatic N) is 2.